The van der Waals surface area contributed by atoms with E-state index in [1.165, 1.54) is 6.07 Å². The number of hydrogen-bond donors (Lipinski definition) is 1. The van der Waals surface area contributed by atoms with Gasteiger partial charge in [-0.2, -0.15) is 0 Å². The highest BCUT2D eigenvalue weighted by Crippen LogP contribution is 2.29. The maximum absolute atomic E-state index is 12.4. The molecule has 6 heteroatoms. The van der Waals surface area contributed by atoms with Gasteiger partial charge in [0, 0.05) is 6.54 Å². The molecule has 0 fully saturated rings. The van der Waals surface area contributed by atoms with Crippen LogP contribution in [0.5, 0.6) is 0 Å². The lowest BCUT2D eigenvalue weighted by molar-refractivity contribution is 0.150. The summed E-state index contributed by atoms with van der Waals surface area (Å²) in [5.74, 6) is 0. The Labute approximate surface area is 92.6 Å². The number of nitrogens with two attached hydrogens (primary N) is 1. The molecule has 0 atom stereocenters. The third-order valence-electron chi connectivity index (χ3n) is 1.50. The van der Waals surface area contributed by atoms with Crippen LogP contribution < -0.4 is 5.73 Å². The van der Waals surface area contributed by atoms with E-state index >= 15 is 0 Å². The van der Waals surface area contributed by atoms with E-state index in [0.29, 0.717) is 9.26 Å². The highest BCUT2D eigenvalue weighted by molar-refractivity contribution is 14.1. The SMILES string of the molecule is NCc1cc(I)nc(Cl)c1C(F)F. The second-order valence-electron chi connectivity index (χ2n) is 2.31. The molecule has 2 nitrogen and oxygen atoms in total. The van der Waals surface area contributed by atoms with Crippen LogP contribution in [0.25, 0.3) is 0 Å². The predicted molar refractivity (Wildman–Crippen MR) is 54.8 cm³/mol. The zero-order chi connectivity index (χ0) is 10.0. The molecule has 0 aliphatic rings. The quantitative estimate of drug-likeness (QED) is 0.673. The first-order chi connectivity index (χ1) is 6.06. The number of pyridine rings is 1. The van der Waals surface area contributed by atoms with Crippen LogP contribution in [-0.2, 0) is 6.54 Å². The van der Waals surface area contributed by atoms with Crippen LogP contribution >= 0.6 is 34.2 Å². The second-order valence-corrected chi connectivity index (χ2v) is 3.78. The van der Waals surface area contributed by atoms with Gasteiger partial charge >= 0.3 is 0 Å². The van der Waals surface area contributed by atoms with Gasteiger partial charge in [0.05, 0.1) is 5.56 Å². The number of nitrogens with zero attached hydrogens (tertiary/aromatic N) is 1. The zero-order valence-electron chi connectivity index (χ0n) is 6.40. The summed E-state index contributed by atoms with van der Waals surface area (Å²) in [7, 11) is 0. The average molecular weight is 318 g/mol. The number of hydrogen-bond acceptors (Lipinski definition) is 2. The first kappa shape index (κ1) is 11.1. The number of rotatable bonds is 2. The Hall–Kier alpha value is -0.0100. The fourth-order valence-electron chi connectivity index (χ4n) is 0.939. The van der Waals surface area contributed by atoms with Crippen molar-refractivity contribution in [1.82, 2.24) is 4.98 Å². The number of aromatic nitrogens is 1. The van der Waals surface area contributed by atoms with Gasteiger partial charge in [0.15, 0.2) is 0 Å². The Morgan fingerprint density at radius 2 is 2.23 bits per heavy atom. The van der Waals surface area contributed by atoms with Crippen molar-refractivity contribution < 1.29 is 8.78 Å². The van der Waals surface area contributed by atoms with Crippen LogP contribution in [0.3, 0.4) is 0 Å². The average Bonchev–Trinajstić information content (AvgIpc) is 2.01. The van der Waals surface area contributed by atoms with E-state index in [1.54, 1.807) is 0 Å². The van der Waals surface area contributed by atoms with Crippen molar-refractivity contribution in [3.63, 3.8) is 0 Å². The Kier molecular flexibility index (Phi) is 3.81. The molecule has 0 saturated carbocycles. The van der Waals surface area contributed by atoms with E-state index in [2.05, 4.69) is 4.98 Å². The Morgan fingerprint density at radius 1 is 1.62 bits per heavy atom. The van der Waals surface area contributed by atoms with Crippen LogP contribution in [0.1, 0.15) is 17.6 Å². The van der Waals surface area contributed by atoms with Gasteiger partial charge in [0.1, 0.15) is 8.85 Å². The Balaban J connectivity index is 3.30. The summed E-state index contributed by atoms with van der Waals surface area (Å²) in [6.45, 7) is 0.0396. The molecule has 1 heterocycles. The lowest BCUT2D eigenvalue weighted by atomic mass is 10.1. The molecular formula is C7H6ClF2IN2. The van der Waals surface area contributed by atoms with E-state index in [-0.39, 0.29) is 17.3 Å². The molecule has 0 bridgehead atoms. The third-order valence-corrected chi connectivity index (χ3v) is 2.35. The first-order valence-electron chi connectivity index (χ1n) is 3.39. The molecule has 72 valence electrons. The van der Waals surface area contributed by atoms with Gasteiger partial charge in [-0.15, -0.1) is 0 Å². The maximum atomic E-state index is 12.4. The monoisotopic (exact) mass is 318 g/mol. The smallest absolute Gasteiger partial charge is 0.267 e. The topological polar surface area (TPSA) is 38.9 Å². The number of alkyl halides is 2. The van der Waals surface area contributed by atoms with Gasteiger partial charge in [0.25, 0.3) is 6.43 Å². The van der Waals surface area contributed by atoms with E-state index < -0.39 is 6.43 Å². The van der Waals surface area contributed by atoms with Crippen LogP contribution in [-0.4, -0.2) is 4.98 Å². The lowest BCUT2D eigenvalue weighted by Crippen LogP contribution is -2.05. The van der Waals surface area contributed by atoms with Gasteiger partial charge in [-0.1, -0.05) is 11.6 Å². The van der Waals surface area contributed by atoms with E-state index in [0.717, 1.165) is 0 Å². The van der Waals surface area contributed by atoms with E-state index in [4.69, 9.17) is 17.3 Å². The van der Waals surface area contributed by atoms with Crippen molar-refractivity contribution in [3.8, 4) is 0 Å². The van der Waals surface area contributed by atoms with Crippen molar-refractivity contribution in [1.29, 1.82) is 0 Å². The fourth-order valence-corrected chi connectivity index (χ4v) is 1.99. The van der Waals surface area contributed by atoms with Crippen molar-refractivity contribution >= 4 is 34.2 Å². The summed E-state index contributed by atoms with van der Waals surface area (Å²) in [6, 6.07) is 1.51. The molecule has 0 aliphatic heterocycles. The minimum absolute atomic E-state index is 0.0396. The zero-order valence-corrected chi connectivity index (χ0v) is 9.31. The summed E-state index contributed by atoms with van der Waals surface area (Å²) in [5, 5.41) is -0.164. The van der Waals surface area contributed by atoms with E-state index in [1.807, 2.05) is 22.6 Å². The maximum Gasteiger partial charge on any atom is 0.267 e. The Bertz CT molecular complexity index is 320. The Morgan fingerprint density at radius 3 is 2.69 bits per heavy atom. The normalized spacial score (nSPS) is 10.9. The molecule has 13 heavy (non-hydrogen) atoms. The summed E-state index contributed by atoms with van der Waals surface area (Å²) in [4.78, 5) is 3.72. The van der Waals surface area contributed by atoms with Crippen LogP contribution in [0.4, 0.5) is 8.78 Å². The van der Waals surface area contributed by atoms with Crippen molar-refractivity contribution in [2.24, 2.45) is 5.73 Å². The number of halogens is 4. The third kappa shape index (κ3) is 2.47. The molecule has 0 aliphatic carbocycles. The van der Waals surface area contributed by atoms with Crippen molar-refractivity contribution in [3.05, 3.63) is 26.0 Å². The van der Waals surface area contributed by atoms with Gasteiger partial charge in [0.2, 0.25) is 0 Å². The summed E-state index contributed by atoms with van der Waals surface area (Å²) in [6.07, 6.45) is -2.63. The van der Waals surface area contributed by atoms with Gasteiger partial charge < -0.3 is 5.73 Å². The molecule has 0 saturated heterocycles. The minimum Gasteiger partial charge on any atom is -0.326 e. The molecule has 1 aromatic rings. The second kappa shape index (κ2) is 4.47. The molecule has 0 amide bonds. The molecular weight excluding hydrogens is 312 g/mol. The molecule has 1 aromatic heterocycles. The minimum atomic E-state index is -2.63. The summed E-state index contributed by atoms with van der Waals surface area (Å²) >= 11 is 7.46. The molecule has 0 unspecified atom stereocenters. The summed E-state index contributed by atoms with van der Waals surface area (Å²) in [5.41, 5.74) is 5.39. The summed E-state index contributed by atoms with van der Waals surface area (Å²) < 4.78 is 25.4. The van der Waals surface area contributed by atoms with E-state index in [9.17, 15) is 8.78 Å². The molecule has 0 aromatic carbocycles. The van der Waals surface area contributed by atoms with Crippen LogP contribution in [0, 0.1) is 3.70 Å². The largest absolute Gasteiger partial charge is 0.326 e. The van der Waals surface area contributed by atoms with Crippen LogP contribution in [0.15, 0.2) is 6.07 Å². The fraction of sp³-hybridized carbons (Fsp3) is 0.286. The molecule has 1 rings (SSSR count). The highest BCUT2D eigenvalue weighted by atomic mass is 127. The lowest BCUT2D eigenvalue weighted by Gasteiger charge is -2.08. The van der Waals surface area contributed by atoms with Gasteiger partial charge in [-0.3, -0.25) is 0 Å². The van der Waals surface area contributed by atoms with Gasteiger partial charge in [-0.25, -0.2) is 13.8 Å². The molecule has 2 N–H and O–H groups in total. The molecule has 0 radical (unpaired) electrons. The van der Waals surface area contributed by atoms with Crippen molar-refractivity contribution in [2.75, 3.05) is 0 Å². The highest BCUT2D eigenvalue weighted by Gasteiger charge is 2.18. The van der Waals surface area contributed by atoms with Gasteiger partial charge in [-0.05, 0) is 34.2 Å². The van der Waals surface area contributed by atoms with Crippen molar-refractivity contribution in [2.45, 2.75) is 13.0 Å². The first-order valence-corrected chi connectivity index (χ1v) is 4.85. The molecule has 0 spiro atoms. The predicted octanol–water partition coefficient (Wildman–Crippen LogP) is 2.74. The standard InChI is InChI=1S/C7H6ClF2IN2/c8-6-5(7(9)10)3(2-12)1-4(11)13-6/h1,7H,2,12H2. The van der Waals surface area contributed by atoms with Crippen LogP contribution in [0.2, 0.25) is 5.15 Å².